The molecule has 2 atom stereocenters. The van der Waals surface area contributed by atoms with Crippen LogP contribution in [0.1, 0.15) is 0 Å². The van der Waals surface area contributed by atoms with Gasteiger partial charge in [0.15, 0.2) is 0 Å². The Hall–Kier alpha value is 0.0700. The lowest BCUT2D eigenvalue weighted by atomic mass is 10.3. The Balaban J connectivity index is 2.62. The van der Waals surface area contributed by atoms with Gasteiger partial charge >= 0.3 is 5.25 Å². The SMILES string of the molecule is FC1CSC(F)(F)C1F. The van der Waals surface area contributed by atoms with Crippen LogP contribution in [0.5, 0.6) is 0 Å². The van der Waals surface area contributed by atoms with Gasteiger partial charge in [-0.25, -0.2) is 8.78 Å². The summed E-state index contributed by atoms with van der Waals surface area (Å²) in [6.07, 6.45) is -4.60. The molecule has 5 heteroatoms. The quantitative estimate of drug-likeness (QED) is 0.488. The van der Waals surface area contributed by atoms with Crippen molar-refractivity contribution in [3.63, 3.8) is 0 Å². The molecule has 0 aromatic heterocycles. The second-order valence-electron chi connectivity index (χ2n) is 1.79. The van der Waals surface area contributed by atoms with Crippen LogP contribution >= 0.6 is 11.8 Å². The number of hydrogen-bond acceptors (Lipinski definition) is 1. The van der Waals surface area contributed by atoms with E-state index in [1.807, 2.05) is 0 Å². The maximum absolute atomic E-state index is 11.9. The summed E-state index contributed by atoms with van der Waals surface area (Å²) in [4.78, 5) is 0. The molecule has 1 aliphatic rings. The van der Waals surface area contributed by atoms with Crippen molar-refractivity contribution < 1.29 is 17.6 Å². The molecule has 1 saturated heterocycles. The highest BCUT2D eigenvalue weighted by molar-refractivity contribution is 8.00. The molecule has 0 radical (unpaired) electrons. The molecule has 0 aromatic carbocycles. The van der Waals surface area contributed by atoms with Crippen molar-refractivity contribution in [3.8, 4) is 0 Å². The Morgan fingerprint density at radius 3 is 2.00 bits per heavy atom. The Morgan fingerprint density at radius 1 is 1.33 bits per heavy atom. The van der Waals surface area contributed by atoms with Gasteiger partial charge in [0.2, 0.25) is 6.17 Å². The van der Waals surface area contributed by atoms with Crippen LogP contribution in [0.2, 0.25) is 0 Å². The second kappa shape index (κ2) is 2.04. The van der Waals surface area contributed by atoms with Crippen molar-refractivity contribution in [2.45, 2.75) is 17.6 Å². The second-order valence-corrected chi connectivity index (χ2v) is 2.96. The fourth-order valence-corrected chi connectivity index (χ4v) is 1.42. The summed E-state index contributed by atoms with van der Waals surface area (Å²) in [6.45, 7) is 0. The smallest absolute Gasteiger partial charge is 0.243 e. The molecule has 0 spiro atoms. The number of thioether (sulfide) groups is 1. The molecule has 0 amide bonds. The van der Waals surface area contributed by atoms with E-state index in [0.29, 0.717) is 0 Å². The maximum Gasteiger partial charge on any atom is 0.327 e. The van der Waals surface area contributed by atoms with Gasteiger partial charge in [0, 0.05) is 5.75 Å². The van der Waals surface area contributed by atoms with Crippen LogP contribution in [0.4, 0.5) is 17.6 Å². The average molecular weight is 160 g/mol. The predicted molar refractivity (Wildman–Crippen MR) is 27.2 cm³/mol. The van der Waals surface area contributed by atoms with Gasteiger partial charge in [-0.05, 0) is 0 Å². The lowest BCUT2D eigenvalue weighted by Gasteiger charge is -2.09. The third-order valence-corrected chi connectivity index (χ3v) is 2.17. The number of halogens is 4. The van der Waals surface area contributed by atoms with Gasteiger partial charge in [0.1, 0.15) is 6.17 Å². The van der Waals surface area contributed by atoms with Crippen LogP contribution in [-0.4, -0.2) is 23.4 Å². The molecule has 0 bridgehead atoms. The maximum atomic E-state index is 11.9. The summed E-state index contributed by atoms with van der Waals surface area (Å²) in [5.74, 6) is -0.436. The molecule has 0 aromatic rings. The zero-order valence-corrected chi connectivity index (χ0v) is 5.10. The standard InChI is InChI=1S/C4H4F4S/c5-2-1-9-4(7,8)3(2)6/h2-3H,1H2. The van der Waals surface area contributed by atoms with E-state index in [1.165, 1.54) is 0 Å². The van der Waals surface area contributed by atoms with Crippen molar-refractivity contribution >= 4 is 11.8 Å². The summed E-state index contributed by atoms with van der Waals surface area (Å²) in [7, 11) is 0. The fraction of sp³-hybridized carbons (Fsp3) is 1.00. The van der Waals surface area contributed by atoms with Gasteiger partial charge in [-0.3, -0.25) is 0 Å². The fourth-order valence-electron chi connectivity index (χ4n) is 0.565. The highest BCUT2D eigenvalue weighted by Crippen LogP contribution is 2.43. The predicted octanol–water partition coefficient (Wildman–Crippen LogP) is 2.00. The Morgan fingerprint density at radius 2 is 1.89 bits per heavy atom. The molecule has 1 aliphatic heterocycles. The minimum atomic E-state index is -3.50. The van der Waals surface area contributed by atoms with E-state index < -0.39 is 23.4 Å². The molecule has 9 heavy (non-hydrogen) atoms. The van der Waals surface area contributed by atoms with Crippen LogP contribution in [0.25, 0.3) is 0 Å². The van der Waals surface area contributed by atoms with E-state index in [-0.39, 0.29) is 11.8 Å². The lowest BCUT2D eigenvalue weighted by molar-refractivity contribution is -0.00632. The van der Waals surface area contributed by atoms with Crippen molar-refractivity contribution in [1.29, 1.82) is 0 Å². The number of alkyl halides is 4. The summed E-state index contributed by atoms with van der Waals surface area (Å²) >= 11 is 0.0324. The van der Waals surface area contributed by atoms with Gasteiger partial charge in [-0.15, -0.1) is 0 Å². The van der Waals surface area contributed by atoms with Crippen LogP contribution < -0.4 is 0 Å². The van der Waals surface area contributed by atoms with Crippen molar-refractivity contribution in [2.75, 3.05) is 5.75 Å². The Kier molecular flexibility index (Phi) is 1.63. The molecule has 0 N–H and O–H groups in total. The largest absolute Gasteiger partial charge is 0.327 e. The molecule has 1 fully saturated rings. The lowest BCUT2D eigenvalue weighted by Crippen LogP contribution is -2.26. The first-order chi connectivity index (χ1) is 4.04. The first kappa shape index (κ1) is 7.18. The Bertz CT molecular complexity index is 115. The third kappa shape index (κ3) is 1.15. The van der Waals surface area contributed by atoms with Crippen LogP contribution in [0.3, 0.4) is 0 Å². The van der Waals surface area contributed by atoms with Gasteiger partial charge in [0.25, 0.3) is 0 Å². The van der Waals surface area contributed by atoms with Gasteiger partial charge in [-0.2, -0.15) is 8.78 Å². The highest BCUT2D eigenvalue weighted by atomic mass is 32.2. The molecule has 2 unspecified atom stereocenters. The van der Waals surface area contributed by atoms with E-state index in [2.05, 4.69) is 0 Å². The van der Waals surface area contributed by atoms with Gasteiger partial charge in [0.05, 0.1) is 0 Å². The summed E-state index contributed by atoms with van der Waals surface area (Å²) in [5, 5.41) is -3.50. The van der Waals surface area contributed by atoms with Crippen molar-refractivity contribution in [1.82, 2.24) is 0 Å². The Labute approximate surface area is 53.6 Å². The third-order valence-electron chi connectivity index (χ3n) is 1.07. The summed E-state index contributed by atoms with van der Waals surface area (Å²) < 4.78 is 47.8. The van der Waals surface area contributed by atoms with E-state index in [0.717, 1.165) is 0 Å². The van der Waals surface area contributed by atoms with E-state index in [9.17, 15) is 17.6 Å². The summed E-state index contributed by atoms with van der Waals surface area (Å²) in [5.41, 5.74) is 0. The topological polar surface area (TPSA) is 0 Å². The van der Waals surface area contributed by atoms with Crippen LogP contribution in [0, 0.1) is 0 Å². The zero-order chi connectivity index (χ0) is 7.07. The van der Waals surface area contributed by atoms with E-state index in [1.54, 1.807) is 0 Å². The zero-order valence-electron chi connectivity index (χ0n) is 4.28. The van der Waals surface area contributed by atoms with Gasteiger partial charge < -0.3 is 0 Å². The molecular weight excluding hydrogens is 156 g/mol. The molecule has 1 rings (SSSR count). The molecular formula is C4H4F4S. The van der Waals surface area contributed by atoms with E-state index in [4.69, 9.17) is 0 Å². The first-order valence-corrected chi connectivity index (χ1v) is 3.32. The monoisotopic (exact) mass is 160 g/mol. The molecule has 0 saturated carbocycles. The van der Waals surface area contributed by atoms with Crippen LogP contribution in [-0.2, 0) is 0 Å². The van der Waals surface area contributed by atoms with Crippen molar-refractivity contribution in [3.05, 3.63) is 0 Å². The minimum absolute atomic E-state index is 0.0324. The average Bonchev–Trinajstić information content (AvgIpc) is 1.97. The van der Waals surface area contributed by atoms with E-state index >= 15 is 0 Å². The van der Waals surface area contributed by atoms with Gasteiger partial charge in [-0.1, -0.05) is 11.8 Å². The molecule has 0 aliphatic carbocycles. The summed E-state index contributed by atoms with van der Waals surface area (Å²) in [6, 6.07) is 0. The van der Waals surface area contributed by atoms with Crippen molar-refractivity contribution in [2.24, 2.45) is 0 Å². The number of rotatable bonds is 0. The molecule has 1 heterocycles. The number of hydrogen-bond donors (Lipinski definition) is 0. The minimum Gasteiger partial charge on any atom is -0.243 e. The first-order valence-electron chi connectivity index (χ1n) is 2.34. The normalized spacial score (nSPS) is 41.3. The van der Waals surface area contributed by atoms with Crippen LogP contribution in [0.15, 0.2) is 0 Å². The highest BCUT2D eigenvalue weighted by Gasteiger charge is 2.52. The molecule has 0 nitrogen and oxygen atoms in total. The molecule has 54 valence electrons.